The third-order valence-corrected chi connectivity index (χ3v) is 18.4. The molecule has 4 aromatic heterocycles. The van der Waals surface area contributed by atoms with Gasteiger partial charge in [0.1, 0.15) is 6.17 Å². The lowest BCUT2D eigenvalue weighted by Crippen LogP contribution is -2.36. The predicted molar refractivity (Wildman–Crippen MR) is 400 cm³/mol. The quantitative estimate of drug-likeness (QED) is 0.0703. The molecular formula is C73H75BrN20O6. The van der Waals surface area contributed by atoms with Gasteiger partial charge in [-0.3, -0.25) is 19.4 Å². The van der Waals surface area contributed by atoms with Crippen molar-refractivity contribution < 1.29 is 14.2 Å². The topological polar surface area (TPSA) is 276 Å². The Labute approximate surface area is 583 Å². The number of allylic oxidation sites excluding steroid dienone is 2. The number of fused-ring (bicyclic) bond motifs is 5. The van der Waals surface area contributed by atoms with E-state index >= 15 is 0 Å². The van der Waals surface area contributed by atoms with Crippen molar-refractivity contribution >= 4 is 125 Å². The molecule has 7 aliphatic heterocycles. The molecule has 0 saturated carbocycles. The maximum absolute atomic E-state index is 13.1. The van der Waals surface area contributed by atoms with Gasteiger partial charge in [-0.25, -0.2) is 24.9 Å². The Morgan fingerprint density at radius 2 is 0.960 bits per heavy atom. The van der Waals surface area contributed by atoms with E-state index in [9.17, 15) is 14.4 Å². The van der Waals surface area contributed by atoms with E-state index in [1.165, 1.54) is 0 Å². The van der Waals surface area contributed by atoms with Crippen molar-refractivity contribution in [1.82, 2.24) is 53.7 Å². The molecule has 0 amide bonds. The Kier molecular flexibility index (Phi) is 19.6. The van der Waals surface area contributed by atoms with Crippen LogP contribution < -0.4 is 58.4 Å². The van der Waals surface area contributed by atoms with Gasteiger partial charge in [0.05, 0.1) is 90.3 Å². The molecule has 3 saturated heterocycles. The lowest BCUT2D eigenvalue weighted by atomic mass is 10.1. The van der Waals surface area contributed by atoms with E-state index in [4.69, 9.17) is 19.9 Å². The normalized spacial score (nSPS) is 17.4. The molecule has 100 heavy (non-hydrogen) atoms. The zero-order valence-electron chi connectivity index (χ0n) is 55.4. The third kappa shape index (κ3) is 14.7. The number of benzene rings is 6. The number of nitrogen functional groups attached to an aromatic ring is 1. The molecule has 3 fully saturated rings. The van der Waals surface area contributed by atoms with Crippen molar-refractivity contribution in [1.29, 1.82) is 0 Å². The van der Waals surface area contributed by atoms with Crippen LogP contribution in [0.25, 0.3) is 50.1 Å². The van der Waals surface area contributed by atoms with E-state index in [0.717, 1.165) is 174 Å². The van der Waals surface area contributed by atoms with Gasteiger partial charge >= 0.3 is 0 Å². The van der Waals surface area contributed by atoms with Gasteiger partial charge in [-0.15, -0.1) is 0 Å². The van der Waals surface area contributed by atoms with E-state index in [1.54, 1.807) is 47.3 Å². The molecule has 510 valence electrons. The predicted octanol–water partition coefficient (Wildman–Crippen LogP) is 9.49. The van der Waals surface area contributed by atoms with E-state index in [2.05, 4.69) is 133 Å². The minimum Gasteiger partial charge on any atom is -0.378 e. The fourth-order valence-electron chi connectivity index (χ4n) is 12.4. The Hall–Kier alpha value is -11.4. The van der Waals surface area contributed by atoms with Crippen LogP contribution in [0.4, 0.5) is 57.5 Å². The van der Waals surface area contributed by atoms with Crippen molar-refractivity contribution in [3.05, 3.63) is 218 Å². The fraction of sp³-hybridized carbons (Fsp3) is 0.247. The number of nitrogens with one attached hydrogen (secondary N) is 5. The minimum absolute atomic E-state index is 0.126. The summed E-state index contributed by atoms with van der Waals surface area (Å²) in [6, 6.07) is 41.5. The number of hydrogen-bond acceptors (Lipinski definition) is 22. The van der Waals surface area contributed by atoms with Crippen LogP contribution in [0.1, 0.15) is 12.0 Å². The van der Waals surface area contributed by atoms with Crippen molar-refractivity contribution in [3.63, 3.8) is 0 Å². The number of aliphatic imine (C=N–C) groups is 2. The van der Waals surface area contributed by atoms with E-state index in [0.29, 0.717) is 29.3 Å². The lowest BCUT2D eigenvalue weighted by molar-refractivity contribution is 0.122. The van der Waals surface area contributed by atoms with Gasteiger partial charge in [0.15, 0.2) is 29.7 Å². The summed E-state index contributed by atoms with van der Waals surface area (Å²) in [5, 5.41) is 12.8. The Morgan fingerprint density at radius 1 is 0.520 bits per heavy atom. The number of ether oxygens (including phenoxy) is 3. The van der Waals surface area contributed by atoms with E-state index in [-0.39, 0.29) is 28.8 Å². The second-order valence-electron chi connectivity index (χ2n) is 24.3. The molecule has 10 aromatic rings. The monoisotopic (exact) mass is 1410 g/mol. The summed E-state index contributed by atoms with van der Waals surface area (Å²) in [5.74, 6) is 1.26. The van der Waals surface area contributed by atoms with Gasteiger partial charge in [0, 0.05) is 154 Å². The van der Waals surface area contributed by atoms with Gasteiger partial charge < -0.3 is 84.4 Å². The third-order valence-electron chi connectivity index (χ3n) is 18.0. The molecule has 2 unspecified atom stereocenters. The van der Waals surface area contributed by atoms with Crippen LogP contribution in [0.3, 0.4) is 0 Å². The second-order valence-corrected chi connectivity index (χ2v) is 25.2. The molecular weight excluding hydrogens is 1330 g/mol. The summed E-state index contributed by atoms with van der Waals surface area (Å²) in [7, 11) is 5.27. The Bertz CT molecular complexity index is 5010. The lowest BCUT2D eigenvalue weighted by Gasteiger charge is -2.28. The first-order valence-corrected chi connectivity index (χ1v) is 33.8. The average Bonchev–Trinajstić information content (AvgIpc) is 1.03. The molecule has 6 aromatic carbocycles. The molecule has 17 rings (SSSR count). The SMILES string of the molecule is C1=CN2C=CCC2N=C1.Cn1c(=O)c(Nc2ccc(N3CCOCC3)cc2)nc2ccc(-c3cnc(N)[nH]3)cc21.Cn1c(=O)c(Nc2ccc(N3CCOCC3)cc2)nc2ccc(Br)cc21.Cn1c(=O)c(Nc2ccc(N3CCOCC3)cc2)nc2ccc(C3=CNC4N=CC=CN34)cc21. The molecule has 11 heterocycles. The van der Waals surface area contributed by atoms with Gasteiger partial charge in [0.25, 0.3) is 16.7 Å². The number of morpholine rings is 3. The molecule has 27 heteroatoms. The fourth-order valence-corrected chi connectivity index (χ4v) is 12.8. The van der Waals surface area contributed by atoms with E-state index in [1.807, 2.05) is 140 Å². The maximum atomic E-state index is 13.1. The highest BCUT2D eigenvalue weighted by Gasteiger charge is 2.26. The molecule has 26 nitrogen and oxygen atoms in total. The number of aromatic nitrogens is 8. The number of anilines is 10. The minimum atomic E-state index is -0.203. The van der Waals surface area contributed by atoms with Crippen LogP contribution in [-0.4, -0.2) is 152 Å². The highest BCUT2D eigenvalue weighted by atomic mass is 79.9. The molecule has 7 N–H and O–H groups in total. The van der Waals surface area contributed by atoms with Gasteiger partial charge in [0.2, 0.25) is 0 Å². The van der Waals surface area contributed by atoms with Gasteiger partial charge in [-0.05, 0) is 127 Å². The highest BCUT2D eigenvalue weighted by molar-refractivity contribution is 9.10. The summed E-state index contributed by atoms with van der Waals surface area (Å²) in [6.07, 6.45) is 20.6. The van der Waals surface area contributed by atoms with Crippen LogP contribution in [0.15, 0.2) is 205 Å². The zero-order chi connectivity index (χ0) is 68.6. The molecule has 0 aliphatic carbocycles. The molecule has 7 aliphatic rings. The molecule has 0 spiro atoms. The zero-order valence-corrected chi connectivity index (χ0v) is 57.0. The summed E-state index contributed by atoms with van der Waals surface area (Å²) in [5.41, 5.74) is 19.2. The number of nitrogens with two attached hydrogens (primary N) is 1. The number of hydrogen-bond donors (Lipinski definition) is 6. The number of aryl methyl sites for hydroxylation is 3. The van der Waals surface area contributed by atoms with Crippen LogP contribution in [0.5, 0.6) is 0 Å². The summed E-state index contributed by atoms with van der Waals surface area (Å²) in [6.45, 7) is 9.82. The van der Waals surface area contributed by atoms with Crippen molar-refractivity contribution in [2.45, 2.75) is 18.9 Å². The maximum Gasteiger partial charge on any atom is 0.293 e. The number of nitrogens with zero attached hydrogens (tertiary/aromatic N) is 14. The number of imidazole rings is 1. The van der Waals surface area contributed by atoms with Crippen molar-refractivity contribution in [3.8, 4) is 11.3 Å². The molecule has 2 atom stereocenters. The van der Waals surface area contributed by atoms with Gasteiger partial charge in [-0.1, -0.05) is 34.1 Å². The number of halogens is 1. The van der Waals surface area contributed by atoms with Crippen LogP contribution in [-0.2, 0) is 35.4 Å². The summed E-state index contributed by atoms with van der Waals surface area (Å²) < 4.78 is 22.0. The first kappa shape index (κ1) is 65.9. The van der Waals surface area contributed by atoms with Gasteiger partial charge in [-0.2, -0.15) is 0 Å². The van der Waals surface area contributed by atoms with Crippen molar-refractivity contribution in [2.24, 2.45) is 31.1 Å². The van der Waals surface area contributed by atoms with Crippen molar-refractivity contribution in [2.75, 3.05) is 115 Å². The van der Waals surface area contributed by atoms with Crippen LogP contribution in [0, 0.1) is 0 Å². The Morgan fingerprint density at radius 3 is 1.43 bits per heavy atom. The van der Waals surface area contributed by atoms with E-state index < -0.39 is 0 Å². The molecule has 0 radical (unpaired) electrons. The Balaban J connectivity index is 0.000000121. The highest BCUT2D eigenvalue weighted by Crippen LogP contribution is 2.31. The summed E-state index contributed by atoms with van der Waals surface area (Å²) in [4.78, 5) is 79.1. The number of aromatic amines is 1. The second kappa shape index (κ2) is 29.8. The number of H-pyrrole nitrogens is 1. The molecule has 0 bridgehead atoms. The largest absolute Gasteiger partial charge is 0.378 e. The standard InChI is InChI=1S/C25H25N7O2.C22H23N7O2.C19H19BrN4O2.C7H8N2/c1-30-21-15-17(22-16-27-25-26-9-2-10-32(22)25)3-8-20(21)29-23(24(30)33)28-18-4-6-19(7-5-18)31-11-13-34-14-12-31;1-28-19-12-14(18-13-24-22(23)27-18)2-7-17(19)26-20(21(28)30)25-15-3-5-16(6-4-15)29-8-10-31-11-9-29;1-23-17-12-13(20)2-7-16(17)22-18(19(23)25)21-14-3-5-15(6-4-14)24-8-10-26-11-9-24;1-3-7-8-4-2-6-9(7)5-1/h2-10,15-16,25,27H,11-14H2,1H3,(H,28,29);2-7,12-13H,8-11H2,1H3,(H,25,26)(H3,23,24,27);2-7,12H,8-11H2,1H3,(H,21,22);1-2,4-7H,3H2. The first-order chi connectivity index (χ1) is 48.8. The van der Waals surface area contributed by atoms with Crippen LogP contribution >= 0.6 is 15.9 Å². The number of rotatable bonds is 11. The average molecular weight is 1410 g/mol. The summed E-state index contributed by atoms with van der Waals surface area (Å²) >= 11 is 3.43. The first-order valence-electron chi connectivity index (χ1n) is 33.0. The smallest absolute Gasteiger partial charge is 0.293 e. The van der Waals surface area contributed by atoms with Crippen LogP contribution in [0.2, 0.25) is 0 Å².